The van der Waals surface area contributed by atoms with Crippen LogP contribution in [0.4, 0.5) is 5.69 Å². The van der Waals surface area contributed by atoms with Crippen LogP contribution in [-0.2, 0) is 6.54 Å². The second-order valence-electron chi connectivity index (χ2n) is 6.85. The van der Waals surface area contributed by atoms with Crippen LogP contribution in [0.1, 0.15) is 36.9 Å². The number of carbonyl (C=O) groups is 2. The molecule has 4 aromatic rings. The number of aryl methyl sites for hydroxylation is 2. The van der Waals surface area contributed by atoms with Gasteiger partial charge in [0.2, 0.25) is 0 Å². The molecule has 1 amide bonds. The van der Waals surface area contributed by atoms with E-state index in [-0.39, 0.29) is 22.9 Å². The van der Waals surface area contributed by atoms with Crippen molar-refractivity contribution in [3.8, 4) is 0 Å². The Hall–Kier alpha value is -3.38. The summed E-state index contributed by atoms with van der Waals surface area (Å²) in [6, 6.07) is 16.5. The summed E-state index contributed by atoms with van der Waals surface area (Å²) in [5.41, 5.74) is 2.91. The average molecular weight is 405 g/mol. The maximum absolute atomic E-state index is 13.6. The molecule has 0 fully saturated rings. The largest absolute Gasteiger partial charge is 0.478 e. The first kappa shape index (κ1) is 19.0. The van der Waals surface area contributed by atoms with Gasteiger partial charge < -0.3 is 14.4 Å². The Labute approximate surface area is 171 Å². The van der Waals surface area contributed by atoms with E-state index in [2.05, 4.69) is 0 Å². The van der Waals surface area contributed by atoms with Crippen molar-refractivity contribution in [3.63, 3.8) is 0 Å². The van der Waals surface area contributed by atoms with Gasteiger partial charge in [-0.05, 0) is 55.3 Å². The summed E-state index contributed by atoms with van der Waals surface area (Å²) < 4.78 is 6.23. The molecule has 0 unspecified atom stereocenters. The number of furan rings is 1. The highest BCUT2D eigenvalue weighted by Crippen LogP contribution is 2.34. The summed E-state index contributed by atoms with van der Waals surface area (Å²) in [4.78, 5) is 27.4. The maximum Gasteiger partial charge on any atom is 0.338 e. The van der Waals surface area contributed by atoms with Crippen LogP contribution in [0.5, 0.6) is 0 Å². The molecule has 0 aliphatic rings. The van der Waals surface area contributed by atoms with Gasteiger partial charge in [-0.2, -0.15) is 0 Å². The lowest BCUT2D eigenvalue weighted by molar-refractivity contribution is 0.0695. The van der Waals surface area contributed by atoms with Crippen LogP contribution in [0.15, 0.2) is 65.3 Å². The molecule has 0 spiro atoms. The van der Waals surface area contributed by atoms with Crippen molar-refractivity contribution >= 4 is 39.0 Å². The number of thiophene rings is 1. The van der Waals surface area contributed by atoms with E-state index in [1.165, 1.54) is 11.3 Å². The summed E-state index contributed by atoms with van der Waals surface area (Å²) >= 11 is 1.20. The molecule has 5 nitrogen and oxygen atoms in total. The van der Waals surface area contributed by atoms with Gasteiger partial charge in [-0.3, -0.25) is 4.79 Å². The Kier molecular flexibility index (Phi) is 4.94. The third kappa shape index (κ3) is 3.54. The van der Waals surface area contributed by atoms with Crippen LogP contribution in [0.2, 0.25) is 0 Å². The third-order valence-electron chi connectivity index (χ3n) is 4.94. The summed E-state index contributed by atoms with van der Waals surface area (Å²) in [6.45, 7) is 4.20. The molecule has 2 aromatic heterocycles. The van der Waals surface area contributed by atoms with E-state index in [1.54, 1.807) is 35.4 Å². The van der Waals surface area contributed by atoms with E-state index >= 15 is 0 Å². The van der Waals surface area contributed by atoms with Crippen molar-refractivity contribution in [1.29, 1.82) is 0 Å². The number of carboxylic acids is 1. The fourth-order valence-corrected chi connectivity index (χ4v) is 4.41. The van der Waals surface area contributed by atoms with E-state index in [0.29, 0.717) is 16.8 Å². The maximum atomic E-state index is 13.6. The molecular formula is C23H19NO4S. The molecule has 2 heterocycles. The lowest BCUT2D eigenvalue weighted by Crippen LogP contribution is -2.30. The Morgan fingerprint density at radius 2 is 1.83 bits per heavy atom. The van der Waals surface area contributed by atoms with Crippen LogP contribution < -0.4 is 4.90 Å². The normalized spacial score (nSPS) is 11.0. The van der Waals surface area contributed by atoms with Crippen LogP contribution in [0.25, 0.3) is 10.1 Å². The first-order chi connectivity index (χ1) is 14.0. The number of aromatic carboxylic acids is 1. The van der Waals surface area contributed by atoms with Gasteiger partial charge in [-0.25, -0.2) is 4.79 Å². The molecule has 0 bridgehead atoms. The number of hydrogen-bond acceptors (Lipinski definition) is 4. The molecule has 0 aliphatic heterocycles. The second-order valence-corrected chi connectivity index (χ2v) is 7.90. The molecule has 146 valence electrons. The molecule has 29 heavy (non-hydrogen) atoms. The number of nitrogens with zero attached hydrogens (tertiary/aromatic N) is 1. The van der Waals surface area contributed by atoms with Gasteiger partial charge in [0.25, 0.3) is 5.91 Å². The molecule has 2 aromatic carbocycles. The zero-order valence-corrected chi connectivity index (χ0v) is 16.8. The summed E-state index contributed by atoms with van der Waals surface area (Å²) in [7, 11) is 0. The number of fused-ring (bicyclic) bond motifs is 1. The summed E-state index contributed by atoms with van der Waals surface area (Å²) in [6.07, 6.45) is 1.56. The van der Waals surface area contributed by atoms with Gasteiger partial charge in [0, 0.05) is 15.8 Å². The minimum Gasteiger partial charge on any atom is -0.478 e. The Morgan fingerprint density at radius 1 is 1.03 bits per heavy atom. The van der Waals surface area contributed by atoms with Crippen molar-refractivity contribution in [2.24, 2.45) is 0 Å². The van der Waals surface area contributed by atoms with Crippen molar-refractivity contribution in [1.82, 2.24) is 0 Å². The van der Waals surface area contributed by atoms with Crippen molar-refractivity contribution in [3.05, 3.63) is 88.2 Å². The molecule has 0 radical (unpaired) electrons. The number of hydrogen-bond donors (Lipinski definition) is 1. The van der Waals surface area contributed by atoms with Gasteiger partial charge in [-0.15, -0.1) is 11.3 Å². The van der Waals surface area contributed by atoms with E-state index < -0.39 is 5.97 Å². The fraction of sp³-hybridized carbons (Fsp3) is 0.130. The Bertz CT molecular complexity index is 1210. The lowest BCUT2D eigenvalue weighted by Gasteiger charge is -2.22. The molecule has 1 N–H and O–H groups in total. The zero-order chi connectivity index (χ0) is 20.5. The van der Waals surface area contributed by atoms with Gasteiger partial charge in [0.1, 0.15) is 10.6 Å². The van der Waals surface area contributed by atoms with Crippen molar-refractivity contribution < 1.29 is 19.1 Å². The molecule has 6 heteroatoms. The highest BCUT2D eigenvalue weighted by atomic mass is 32.1. The van der Waals surface area contributed by atoms with Crippen molar-refractivity contribution in [2.45, 2.75) is 20.4 Å². The number of amides is 1. The van der Waals surface area contributed by atoms with Crippen LogP contribution in [-0.4, -0.2) is 17.0 Å². The third-order valence-corrected chi connectivity index (χ3v) is 6.10. The number of rotatable bonds is 5. The monoisotopic (exact) mass is 405 g/mol. The van der Waals surface area contributed by atoms with E-state index in [9.17, 15) is 14.7 Å². The topological polar surface area (TPSA) is 70.8 Å². The number of carboxylic acid groups (broad SMARTS) is 1. The fourth-order valence-electron chi connectivity index (χ4n) is 3.26. The van der Waals surface area contributed by atoms with Gasteiger partial charge in [0.15, 0.2) is 0 Å². The van der Waals surface area contributed by atoms with Crippen LogP contribution in [0.3, 0.4) is 0 Å². The van der Waals surface area contributed by atoms with Crippen LogP contribution >= 0.6 is 11.3 Å². The highest BCUT2D eigenvalue weighted by molar-refractivity contribution is 7.21. The van der Waals surface area contributed by atoms with Gasteiger partial charge in [-0.1, -0.05) is 24.3 Å². The summed E-state index contributed by atoms with van der Waals surface area (Å²) in [5.74, 6) is -0.846. The molecule has 0 saturated heterocycles. The average Bonchev–Trinajstić information content (AvgIpc) is 3.35. The SMILES string of the molecule is Cc1ccc(N(Cc2ccco2)C(=O)c2sc3ccccc3c2C(=O)O)cc1C. The predicted octanol–water partition coefficient (Wildman–Crippen LogP) is 5.66. The Morgan fingerprint density at radius 3 is 2.52 bits per heavy atom. The quantitative estimate of drug-likeness (QED) is 0.465. The lowest BCUT2D eigenvalue weighted by atomic mass is 10.1. The van der Waals surface area contributed by atoms with Crippen molar-refractivity contribution in [2.75, 3.05) is 4.90 Å². The molecule has 4 rings (SSSR count). The molecule has 0 atom stereocenters. The van der Waals surface area contributed by atoms with E-state index in [1.807, 2.05) is 44.2 Å². The smallest absolute Gasteiger partial charge is 0.338 e. The van der Waals surface area contributed by atoms with E-state index in [0.717, 1.165) is 15.8 Å². The first-order valence-corrected chi connectivity index (χ1v) is 9.93. The number of benzene rings is 2. The first-order valence-electron chi connectivity index (χ1n) is 9.12. The number of anilines is 1. The molecular weight excluding hydrogens is 386 g/mol. The van der Waals surface area contributed by atoms with Crippen LogP contribution in [0, 0.1) is 13.8 Å². The number of carbonyl (C=O) groups excluding carboxylic acids is 1. The predicted molar refractivity (Wildman–Crippen MR) is 114 cm³/mol. The second kappa shape index (κ2) is 7.56. The highest BCUT2D eigenvalue weighted by Gasteiger charge is 2.28. The van der Waals surface area contributed by atoms with Gasteiger partial charge >= 0.3 is 5.97 Å². The summed E-state index contributed by atoms with van der Waals surface area (Å²) in [5, 5.41) is 10.4. The molecule has 0 aliphatic carbocycles. The zero-order valence-electron chi connectivity index (χ0n) is 16.0. The minimum absolute atomic E-state index is 0.0453. The Balaban J connectivity index is 1.85. The van der Waals surface area contributed by atoms with E-state index in [4.69, 9.17) is 4.42 Å². The molecule has 0 saturated carbocycles. The minimum atomic E-state index is -1.11. The standard InChI is InChI=1S/C23H19NO4S/c1-14-9-10-16(12-15(14)2)24(13-17-6-5-11-28-17)22(25)21-20(23(26)27)18-7-3-4-8-19(18)29-21/h3-12H,13H2,1-2H3,(H,26,27). The van der Waals surface area contributed by atoms with Gasteiger partial charge in [0.05, 0.1) is 18.4 Å².